The maximum absolute atomic E-state index is 13.7. The number of aliphatic carboxylic acids is 2. The van der Waals surface area contributed by atoms with Crippen molar-refractivity contribution in [1.82, 2.24) is 0 Å². The zero-order valence-corrected chi connectivity index (χ0v) is 47.4. The van der Waals surface area contributed by atoms with Crippen LogP contribution in [0.5, 0.6) is 5.75 Å². The van der Waals surface area contributed by atoms with Crippen LogP contribution in [0.15, 0.2) is 89.6 Å². The zero-order chi connectivity index (χ0) is 59.2. The lowest BCUT2D eigenvalue weighted by Crippen LogP contribution is -2.65. The van der Waals surface area contributed by atoms with Crippen molar-refractivity contribution in [2.75, 3.05) is 59.0 Å². The number of nitriles is 1. The largest absolute Gasteiger partial charge is 0.542 e. The molecule has 12 rings (SSSR count). The third kappa shape index (κ3) is 16.4. The maximum Gasteiger partial charge on any atom is 0.430 e. The van der Waals surface area contributed by atoms with Gasteiger partial charge in [-0.1, -0.05) is 87.1 Å². The number of hydrogen-bond acceptors (Lipinski definition) is 14. The van der Waals surface area contributed by atoms with Crippen molar-refractivity contribution in [3.63, 3.8) is 0 Å². The van der Waals surface area contributed by atoms with Gasteiger partial charge in [-0.05, 0) is 72.3 Å². The molecule has 6 aliphatic heterocycles. The van der Waals surface area contributed by atoms with Gasteiger partial charge in [0.05, 0.1) is 57.5 Å². The van der Waals surface area contributed by atoms with Gasteiger partial charge in [-0.25, -0.2) is 9.59 Å². The highest BCUT2D eigenvalue weighted by molar-refractivity contribution is 7.10. The number of halogens is 6. The molecule has 4 atom stereocenters. The lowest BCUT2D eigenvalue weighted by molar-refractivity contribution is -0.946. The molecular formula is C60H73F6N3O11S2. The standard InChI is InChI=1S/C29H37N2O4S.C27H36NO3S.2C2HF3O2/c30-20-22-7-4-10-25(19-22)34-17-6-14-31-15-12-23(13-16-31)26(21-31)35-28(32)29(33,27-11-5-18-36-27)24-8-2-1-3-9-24;29-26(27(30,25-12-7-19-32-25)23-10-5-2-6-11-23)31-24-20-28(17-14-22(24)15-18-28)16-13-21-8-3-1-4-9-21;2*3-2(4,5)1(6)7/h4-5,7,10-11,18-19,23-24,26,33H,1-3,6,8-9,12-17,21H2;1,3-4,7-9,12,19,22-24,30H,2,5-6,10-11,13-18,20H2;2*(H,6,7)/q2*+1;;/p-2/t23?,26-,29+,31?;22?,24-,27+,28?;;/m00../s1. The first-order valence-corrected chi connectivity index (χ1v) is 30.1. The lowest BCUT2D eigenvalue weighted by Gasteiger charge is -2.52. The summed E-state index contributed by atoms with van der Waals surface area (Å²) in [7, 11) is 0. The second-order valence-corrected chi connectivity index (χ2v) is 24.7. The Kier molecular flexibility index (Phi) is 22.1. The Morgan fingerprint density at radius 1 is 0.598 bits per heavy atom. The van der Waals surface area contributed by atoms with E-state index in [1.165, 1.54) is 54.2 Å². The minimum Gasteiger partial charge on any atom is -0.542 e. The molecule has 6 saturated heterocycles. The van der Waals surface area contributed by atoms with E-state index >= 15 is 0 Å². The average molecular weight is 1190 g/mol. The topological polar surface area (TPSA) is 206 Å². The molecule has 8 aliphatic rings. The molecule has 0 radical (unpaired) electrons. The summed E-state index contributed by atoms with van der Waals surface area (Å²) in [6.45, 7) is 9.00. The lowest BCUT2D eigenvalue weighted by atomic mass is 9.75. The Bertz CT molecular complexity index is 2690. The molecule has 22 heteroatoms. The molecular weight excluding hydrogens is 1120 g/mol. The number of ether oxygens (including phenoxy) is 3. The van der Waals surface area contributed by atoms with E-state index in [2.05, 4.69) is 36.4 Å². The molecule has 2 aromatic carbocycles. The van der Waals surface area contributed by atoms with E-state index < -0.39 is 47.4 Å². The first-order chi connectivity index (χ1) is 39.0. The summed E-state index contributed by atoms with van der Waals surface area (Å²) in [5.41, 5.74) is -1.04. The first-order valence-electron chi connectivity index (χ1n) is 28.4. The van der Waals surface area contributed by atoms with Gasteiger partial charge < -0.3 is 53.2 Å². The van der Waals surface area contributed by atoms with Crippen LogP contribution in [0.25, 0.3) is 0 Å². The molecule has 0 amide bonds. The molecule has 2 aromatic heterocycles. The van der Waals surface area contributed by atoms with Gasteiger partial charge in [-0.3, -0.25) is 0 Å². The SMILES string of the molecule is N#Cc1cccc(OCCC[N+]23CCC(CC2)[C@@H](OC(=O)[C@](O)(c2cccs2)C2CCCCC2)C3)c1.O=C(O[C@H]1C[N+]2(CCc3ccccc3)CCC1CC2)[C@](O)(c1cccs1)C1CCCCC1.O=C([O-])C(F)(F)F.O=C([O-])C(F)(F)F. The number of hydrogen-bond donors (Lipinski definition) is 2. The van der Waals surface area contributed by atoms with Crippen LogP contribution in [0.3, 0.4) is 0 Å². The molecule has 8 heterocycles. The quantitative estimate of drug-likeness (QED) is 0.0469. The fraction of sp³-hybridized carbons (Fsp3) is 0.583. The van der Waals surface area contributed by atoms with Gasteiger partial charge in [0.15, 0.2) is 23.4 Å². The number of benzene rings is 2. The second kappa shape index (κ2) is 28.3. The van der Waals surface area contributed by atoms with Gasteiger partial charge in [0.2, 0.25) is 0 Å². The van der Waals surface area contributed by atoms with Gasteiger partial charge in [-0.2, -0.15) is 31.6 Å². The van der Waals surface area contributed by atoms with Crippen molar-refractivity contribution in [3.05, 3.63) is 111 Å². The van der Waals surface area contributed by atoms with Gasteiger partial charge in [0, 0.05) is 72.0 Å². The summed E-state index contributed by atoms with van der Waals surface area (Å²) in [6, 6.07) is 27.8. The second-order valence-electron chi connectivity index (χ2n) is 22.8. The molecule has 2 aliphatic carbocycles. The number of alkyl halides is 6. The zero-order valence-electron chi connectivity index (χ0n) is 45.8. The van der Waals surface area contributed by atoms with E-state index in [1.54, 1.807) is 12.1 Å². The number of quaternary nitrogens is 2. The number of esters is 2. The molecule has 2 N–H and O–H groups in total. The number of carbonyl (C=O) groups excluding carboxylic acids is 4. The van der Waals surface area contributed by atoms with Gasteiger partial charge in [0.1, 0.15) is 30.8 Å². The van der Waals surface area contributed by atoms with E-state index in [9.17, 15) is 46.1 Å². The van der Waals surface area contributed by atoms with E-state index in [1.807, 2.05) is 47.2 Å². The van der Waals surface area contributed by atoms with E-state index in [0.29, 0.717) is 24.0 Å². The van der Waals surface area contributed by atoms with Crippen LogP contribution in [0.2, 0.25) is 0 Å². The van der Waals surface area contributed by atoms with Crippen LogP contribution in [-0.4, -0.2) is 127 Å². The maximum atomic E-state index is 13.7. The van der Waals surface area contributed by atoms with Crippen LogP contribution >= 0.6 is 22.7 Å². The predicted octanol–water partition coefficient (Wildman–Crippen LogP) is 8.52. The summed E-state index contributed by atoms with van der Waals surface area (Å²) in [6.07, 6.45) is 5.90. The molecule has 0 unspecified atom stereocenters. The van der Waals surface area contributed by atoms with Gasteiger partial charge in [0.25, 0.3) is 0 Å². The highest BCUT2D eigenvalue weighted by Crippen LogP contribution is 2.46. The van der Waals surface area contributed by atoms with E-state index in [0.717, 1.165) is 154 Å². The number of rotatable bonds is 16. The molecule has 2 saturated carbocycles. The Morgan fingerprint density at radius 2 is 1.04 bits per heavy atom. The number of carbonyl (C=O) groups is 4. The summed E-state index contributed by atoms with van der Waals surface area (Å²) in [5.74, 6) is -5.40. The molecule has 448 valence electrons. The number of nitrogens with zero attached hydrogens (tertiary/aromatic N) is 3. The Balaban J connectivity index is 0.000000192. The minimum atomic E-state index is -5.19. The highest BCUT2D eigenvalue weighted by Gasteiger charge is 2.55. The fourth-order valence-corrected chi connectivity index (χ4v) is 14.8. The summed E-state index contributed by atoms with van der Waals surface area (Å²) < 4.78 is 83.5. The third-order valence-corrected chi connectivity index (χ3v) is 19.6. The Labute approximate surface area is 482 Å². The Hall–Kier alpha value is -5.57. The normalized spacial score (nSPS) is 25.8. The van der Waals surface area contributed by atoms with E-state index in [4.69, 9.17) is 39.3 Å². The van der Waals surface area contributed by atoms with Crippen molar-refractivity contribution in [1.29, 1.82) is 5.26 Å². The van der Waals surface area contributed by atoms with Crippen molar-refractivity contribution in [2.45, 2.75) is 138 Å². The van der Waals surface area contributed by atoms with Crippen LogP contribution < -0.4 is 14.9 Å². The molecule has 0 spiro atoms. The number of piperidine rings is 6. The van der Waals surface area contributed by atoms with Crippen molar-refractivity contribution in [3.8, 4) is 11.8 Å². The van der Waals surface area contributed by atoms with Crippen molar-refractivity contribution < 1.29 is 89.1 Å². The number of aliphatic hydroxyl groups is 2. The molecule has 4 bridgehead atoms. The smallest absolute Gasteiger partial charge is 0.430 e. The van der Waals surface area contributed by atoms with Crippen LogP contribution in [0.4, 0.5) is 26.3 Å². The van der Waals surface area contributed by atoms with Gasteiger partial charge in [-0.15, -0.1) is 22.7 Å². The molecule has 82 heavy (non-hydrogen) atoms. The highest BCUT2D eigenvalue weighted by atomic mass is 32.1. The Morgan fingerprint density at radius 3 is 1.44 bits per heavy atom. The van der Waals surface area contributed by atoms with E-state index in [-0.39, 0.29) is 24.0 Å². The monoisotopic (exact) mass is 1190 g/mol. The molecule has 8 fully saturated rings. The minimum absolute atomic E-state index is 0.0373. The summed E-state index contributed by atoms with van der Waals surface area (Å²) in [5, 5.41) is 54.2. The first kappa shape index (κ1) is 64.0. The predicted molar refractivity (Wildman–Crippen MR) is 288 cm³/mol. The summed E-state index contributed by atoms with van der Waals surface area (Å²) in [4.78, 5) is 46.3. The number of thiophene rings is 2. The van der Waals surface area contributed by atoms with Crippen LogP contribution in [0, 0.1) is 35.0 Å². The van der Waals surface area contributed by atoms with Crippen LogP contribution in [-0.2, 0) is 46.3 Å². The number of carboxylic acids is 2. The van der Waals surface area contributed by atoms with Crippen molar-refractivity contribution in [2.24, 2.45) is 23.7 Å². The average Bonchev–Trinajstić information content (AvgIpc) is 3.66. The molecule has 14 nitrogen and oxygen atoms in total. The molecule has 4 aromatic rings. The van der Waals surface area contributed by atoms with Gasteiger partial charge >= 0.3 is 24.3 Å². The fourth-order valence-electron chi connectivity index (χ4n) is 13.0. The number of fused-ring (bicyclic) bond motifs is 6. The summed E-state index contributed by atoms with van der Waals surface area (Å²) >= 11 is 2.94. The number of carboxylic acid groups (broad SMARTS) is 2. The third-order valence-electron chi connectivity index (χ3n) is 17.6. The van der Waals surface area contributed by atoms with Crippen LogP contribution in [0.1, 0.15) is 117 Å². The van der Waals surface area contributed by atoms with Crippen molar-refractivity contribution >= 4 is 46.6 Å².